The summed E-state index contributed by atoms with van der Waals surface area (Å²) in [4.78, 5) is 14.3. The maximum absolute atomic E-state index is 12.4. The molecule has 1 aliphatic rings. The third-order valence-electron chi connectivity index (χ3n) is 2.93. The summed E-state index contributed by atoms with van der Waals surface area (Å²) in [6.45, 7) is 1.59. The quantitative estimate of drug-likeness (QED) is 0.838. The molecule has 1 heterocycles. The summed E-state index contributed by atoms with van der Waals surface area (Å²) in [6, 6.07) is 5.39. The Kier molecular flexibility index (Phi) is 4.36. The van der Waals surface area contributed by atoms with Crippen LogP contribution in [0.4, 0.5) is 0 Å². The third kappa shape index (κ3) is 2.56. The Bertz CT molecular complexity index is 430. The fourth-order valence-corrected chi connectivity index (χ4v) is 2.90. The van der Waals surface area contributed by atoms with Crippen molar-refractivity contribution in [2.24, 2.45) is 0 Å². The second kappa shape index (κ2) is 6.00. The van der Waals surface area contributed by atoms with Crippen molar-refractivity contribution in [2.75, 3.05) is 38.8 Å². The number of methoxy groups -OCH3 is 2. The topological polar surface area (TPSA) is 38.8 Å². The van der Waals surface area contributed by atoms with Crippen LogP contribution < -0.4 is 9.47 Å². The highest BCUT2D eigenvalue weighted by Gasteiger charge is 2.23. The number of carbonyl (C=O) groups excluding carboxylic acids is 1. The maximum atomic E-state index is 12.4. The van der Waals surface area contributed by atoms with E-state index in [1.807, 2.05) is 22.7 Å². The van der Waals surface area contributed by atoms with Gasteiger partial charge in [-0.2, -0.15) is 11.8 Å². The summed E-state index contributed by atoms with van der Waals surface area (Å²) < 4.78 is 10.5. The van der Waals surface area contributed by atoms with Gasteiger partial charge in [-0.25, -0.2) is 0 Å². The van der Waals surface area contributed by atoms with E-state index in [1.165, 1.54) is 0 Å². The summed E-state index contributed by atoms with van der Waals surface area (Å²) in [5.41, 5.74) is 0.573. The monoisotopic (exact) mass is 267 g/mol. The Morgan fingerprint density at radius 3 is 2.56 bits per heavy atom. The zero-order chi connectivity index (χ0) is 13.0. The number of ether oxygens (including phenoxy) is 2. The van der Waals surface area contributed by atoms with Gasteiger partial charge in [-0.15, -0.1) is 0 Å². The van der Waals surface area contributed by atoms with Crippen LogP contribution in [0.15, 0.2) is 18.2 Å². The number of benzene rings is 1. The van der Waals surface area contributed by atoms with Gasteiger partial charge in [0, 0.05) is 24.6 Å². The smallest absolute Gasteiger partial charge is 0.257 e. The van der Waals surface area contributed by atoms with Crippen LogP contribution >= 0.6 is 11.8 Å². The molecule has 1 fully saturated rings. The molecule has 0 N–H and O–H groups in total. The van der Waals surface area contributed by atoms with Crippen LogP contribution in [0.5, 0.6) is 11.5 Å². The van der Waals surface area contributed by atoms with Gasteiger partial charge >= 0.3 is 0 Å². The number of rotatable bonds is 3. The lowest BCUT2D eigenvalue weighted by Gasteiger charge is -2.27. The highest BCUT2D eigenvalue weighted by Crippen LogP contribution is 2.31. The van der Waals surface area contributed by atoms with E-state index in [0.29, 0.717) is 17.1 Å². The molecule has 1 amide bonds. The molecule has 0 aliphatic carbocycles. The Labute approximate surface area is 111 Å². The van der Waals surface area contributed by atoms with Crippen molar-refractivity contribution in [3.63, 3.8) is 0 Å². The number of thioether (sulfide) groups is 1. The molecule has 1 aromatic rings. The Morgan fingerprint density at radius 2 is 1.94 bits per heavy atom. The largest absolute Gasteiger partial charge is 0.493 e. The molecule has 2 rings (SSSR count). The van der Waals surface area contributed by atoms with Crippen molar-refractivity contribution in [1.29, 1.82) is 0 Å². The number of amides is 1. The van der Waals surface area contributed by atoms with E-state index < -0.39 is 0 Å². The average Bonchev–Trinajstić information content (AvgIpc) is 2.46. The maximum Gasteiger partial charge on any atom is 0.257 e. The molecule has 0 atom stereocenters. The molecule has 1 aliphatic heterocycles. The number of para-hydroxylation sites is 1. The fraction of sp³-hybridized carbons (Fsp3) is 0.462. The Balaban J connectivity index is 2.28. The lowest BCUT2D eigenvalue weighted by Crippen LogP contribution is -2.38. The van der Waals surface area contributed by atoms with Crippen molar-refractivity contribution in [1.82, 2.24) is 4.90 Å². The molecular formula is C13H17NO3S. The first-order valence-electron chi connectivity index (χ1n) is 5.86. The molecule has 1 aromatic carbocycles. The van der Waals surface area contributed by atoms with Crippen molar-refractivity contribution in [3.05, 3.63) is 23.8 Å². The van der Waals surface area contributed by atoms with Crippen molar-refractivity contribution in [2.45, 2.75) is 0 Å². The number of hydrogen-bond donors (Lipinski definition) is 0. The first-order valence-corrected chi connectivity index (χ1v) is 7.01. The van der Waals surface area contributed by atoms with Gasteiger partial charge in [-0.05, 0) is 12.1 Å². The van der Waals surface area contributed by atoms with Gasteiger partial charge in [0.1, 0.15) is 0 Å². The van der Waals surface area contributed by atoms with Crippen LogP contribution in [0.1, 0.15) is 10.4 Å². The minimum Gasteiger partial charge on any atom is -0.493 e. The predicted molar refractivity (Wildman–Crippen MR) is 72.8 cm³/mol. The van der Waals surface area contributed by atoms with E-state index in [0.717, 1.165) is 24.6 Å². The van der Waals surface area contributed by atoms with E-state index in [4.69, 9.17) is 9.47 Å². The van der Waals surface area contributed by atoms with Gasteiger partial charge in [-0.3, -0.25) is 4.79 Å². The van der Waals surface area contributed by atoms with Gasteiger partial charge in [0.2, 0.25) is 0 Å². The van der Waals surface area contributed by atoms with Gasteiger partial charge in [0.25, 0.3) is 5.91 Å². The molecule has 5 heteroatoms. The van der Waals surface area contributed by atoms with E-state index >= 15 is 0 Å². The number of nitrogens with zero attached hydrogens (tertiary/aromatic N) is 1. The molecular weight excluding hydrogens is 250 g/mol. The molecule has 98 valence electrons. The van der Waals surface area contributed by atoms with Crippen molar-refractivity contribution in [3.8, 4) is 11.5 Å². The molecule has 1 saturated heterocycles. The molecule has 0 bridgehead atoms. The summed E-state index contributed by atoms with van der Waals surface area (Å²) in [6.07, 6.45) is 0. The number of carbonyl (C=O) groups is 1. The van der Waals surface area contributed by atoms with Crippen LogP contribution in [-0.4, -0.2) is 49.6 Å². The zero-order valence-electron chi connectivity index (χ0n) is 10.6. The molecule has 0 spiro atoms. The first kappa shape index (κ1) is 13.1. The highest BCUT2D eigenvalue weighted by atomic mass is 32.2. The van der Waals surface area contributed by atoms with E-state index in [-0.39, 0.29) is 5.91 Å². The minimum atomic E-state index is 0.0195. The van der Waals surface area contributed by atoms with E-state index in [9.17, 15) is 4.79 Å². The van der Waals surface area contributed by atoms with Crippen molar-refractivity contribution >= 4 is 17.7 Å². The van der Waals surface area contributed by atoms with Gasteiger partial charge in [0.05, 0.1) is 19.8 Å². The molecule has 0 radical (unpaired) electrons. The highest BCUT2D eigenvalue weighted by molar-refractivity contribution is 7.99. The first-order chi connectivity index (χ1) is 8.77. The van der Waals surface area contributed by atoms with Crippen LogP contribution in [-0.2, 0) is 0 Å². The van der Waals surface area contributed by atoms with Crippen LogP contribution in [0.25, 0.3) is 0 Å². The molecule has 0 saturated carbocycles. The summed E-state index contributed by atoms with van der Waals surface area (Å²) >= 11 is 1.88. The second-order valence-electron chi connectivity index (χ2n) is 3.95. The van der Waals surface area contributed by atoms with Crippen LogP contribution in [0, 0.1) is 0 Å². The normalized spacial score (nSPS) is 15.3. The van der Waals surface area contributed by atoms with E-state index in [2.05, 4.69) is 0 Å². The summed E-state index contributed by atoms with van der Waals surface area (Å²) in [5, 5.41) is 0. The predicted octanol–water partition coefficient (Wildman–Crippen LogP) is 1.89. The van der Waals surface area contributed by atoms with E-state index in [1.54, 1.807) is 26.4 Å². The minimum absolute atomic E-state index is 0.0195. The lowest BCUT2D eigenvalue weighted by molar-refractivity contribution is 0.0768. The Morgan fingerprint density at radius 1 is 1.22 bits per heavy atom. The van der Waals surface area contributed by atoms with Crippen LogP contribution in [0.2, 0.25) is 0 Å². The van der Waals surface area contributed by atoms with Crippen LogP contribution in [0.3, 0.4) is 0 Å². The molecule has 0 aromatic heterocycles. The molecule has 18 heavy (non-hydrogen) atoms. The van der Waals surface area contributed by atoms with Gasteiger partial charge in [-0.1, -0.05) is 6.07 Å². The molecule has 0 unspecified atom stereocenters. The lowest BCUT2D eigenvalue weighted by atomic mass is 10.1. The fourth-order valence-electron chi connectivity index (χ4n) is 1.99. The summed E-state index contributed by atoms with van der Waals surface area (Å²) in [7, 11) is 3.13. The number of hydrogen-bond acceptors (Lipinski definition) is 4. The van der Waals surface area contributed by atoms with Gasteiger partial charge in [0.15, 0.2) is 11.5 Å². The zero-order valence-corrected chi connectivity index (χ0v) is 11.5. The average molecular weight is 267 g/mol. The molecule has 4 nitrogen and oxygen atoms in total. The SMILES string of the molecule is COc1cccc(C(=O)N2CCSCC2)c1OC. The second-order valence-corrected chi connectivity index (χ2v) is 5.17. The van der Waals surface area contributed by atoms with Gasteiger partial charge < -0.3 is 14.4 Å². The summed E-state index contributed by atoms with van der Waals surface area (Å²) in [5.74, 6) is 3.12. The standard InChI is InChI=1S/C13H17NO3S/c1-16-11-5-3-4-10(12(11)17-2)13(15)14-6-8-18-9-7-14/h3-5H,6-9H2,1-2H3. The van der Waals surface area contributed by atoms with Crippen molar-refractivity contribution < 1.29 is 14.3 Å². The third-order valence-corrected chi connectivity index (χ3v) is 3.87. The Hall–Kier alpha value is -1.36.